The molecule has 134 valence electrons. The number of hydrogen-bond acceptors (Lipinski definition) is 3. The van der Waals surface area contributed by atoms with Crippen molar-refractivity contribution in [3.63, 3.8) is 0 Å². The molecule has 3 aromatic rings. The molecule has 1 amide bonds. The number of benzene rings is 2. The molecule has 0 aliphatic rings. The minimum Gasteiger partial charge on any atom is -0.497 e. The highest BCUT2D eigenvalue weighted by molar-refractivity contribution is 5.94. The standard InChI is InChI=1S/C19H17F2N3O2/c1-24-9-8-22-18(24)17(12-4-3-5-14(10-12)26-2)23-19(25)15-7-6-13(20)11-16(15)21/h3-11,17H,1-2H3,(H,23,25). The third-order valence-electron chi connectivity index (χ3n) is 3.99. The van der Waals surface area contributed by atoms with Gasteiger partial charge in [-0.1, -0.05) is 12.1 Å². The molecule has 1 N–H and O–H groups in total. The maximum absolute atomic E-state index is 14.0. The average molecular weight is 357 g/mol. The van der Waals surface area contributed by atoms with Gasteiger partial charge in [0.2, 0.25) is 0 Å². The number of nitrogens with one attached hydrogen (secondary N) is 1. The zero-order valence-corrected chi connectivity index (χ0v) is 14.2. The van der Waals surface area contributed by atoms with Crippen molar-refractivity contribution in [2.45, 2.75) is 6.04 Å². The Balaban J connectivity index is 1.98. The van der Waals surface area contributed by atoms with Crippen LogP contribution in [0.1, 0.15) is 27.8 Å². The van der Waals surface area contributed by atoms with Gasteiger partial charge in [0.1, 0.15) is 29.3 Å². The number of aryl methyl sites for hydroxylation is 1. The van der Waals surface area contributed by atoms with Crippen LogP contribution >= 0.6 is 0 Å². The van der Waals surface area contributed by atoms with Crippen molar-refractivity contribution < 1.29 is 18.3 Å². The number of hydrogen-bond donors (Lipinski definition) is 1. The topological polar surface area (TPSA) is 56.1 Å². The minimum atomic E-state index is -0.924. The SMILES string of the molecule is COc1cccc(C(NC(=O)c2ccc(F)cc2F)c2nccn2C)c1. The summed E-state index contributed by atoms with van der Waals surface area (Å²) in [5.74, 6) is -1.16. The van der Waals surface area contributed by atoms with E-state index in [1.807, 2.05) is 6.07 Å². The van der Waals surface area contributed by atoms with Crippen molar-refractivity contribution in [1.29, 1.82) is 0 Å². The fourth-order valence-corrected chi connectivity index (χ4v) is 2.66. The molecule has 1 unspecified atom stereocenters. The van der Waals surface area contributed by atoms with Crippen LogP contribution in [-0.4, -0.2) is 22.6 Å². The van der Waals surface area contributed by atoms with E-state index < -0.39 is 23.6 Å². The summed E-state index contributed by atoms with van der Waals surface area (Å²) in [5.41, 5.74) is 0.475. The van der Waals surface area contributed by atoms with Crippen molar-refractivity contribution in [2.24, 2.45) is 7.05 Å². The molecule has 1 aromatic heterocycles. The molecular formula is C19H17F2N3O2. The van der Waals surface area contributed by atoms with Gasteiger partial charge in [-0.15, -0.1) is 0 Å². The van der Waals surface area contributed by atoms with Gasteiger partial charge in [-0.25, -0.2) is 13.8 Å². The Morgan fingerprint density at radius 1 is 1.23 bits per heavy atom. The quantitative estimate of drug-likeness (QED) is 0.763. The molecule has 0 aliphatic heterocycles. The Labute approximate surface area is 149 Å². The summed E-state index contributed by atoms with van der Waals surface area (Å²) in [7, 11) is 3.33. The number of imidazole rings is 1. The molecule has 5 nitrogen and oxygen atoms in total. The molecule has 26 heavy (non-hydrogen) atoms. The van der Waals surface area contributed by atoms with Gasteiger partial charge in [0.15, 0.2) is 0 Å². The van der Waals surface area contributed by atoms with Crippen LogP contribution < -0.4 is 10.1 Å². The van der Waals surface area contributed by atoms with Crippen LogP contribution in [0, 0.1) is 11.6 Å². The highest BCUT2D eigenvalue weighted by Gasteiger charge is 2.23. The molecule has 0 saturated heterocycles. The summed E-state index contributed by atoms with van der Waals surface area (Å²) in [4.78, 5) is 16.9. The van der Waals surface area contributed by atoms with E-state index in [2.05, 4.69) is 10.3 Å². The van der Waals surface area contributed by atoms with Crippen molar-refractivity contribution in [2.75, 3.05) is 7.11 Å². The Morgan fingerprint density at radius 3 is 2.69 bits per heavy atom. The predicted octanol–water partition coefficient (Wildman–Crippen LogP) is 3.23. The normalized spacial score (nSPS) is 11.8. The second-order valence-corrected chi connectivity index (χ2v) is 5.70. The van der Waals surface area contributed by atoms with Gasteiger partial charge >= 0.3 is 0 Å². The largest absolute Gasteiger partial charge is 0.497 e. The third kappa shape index (κ3) is 3.56. The summed E-state index contributed by atoms with van der Waals surface area (Å²) in [6.07, 6.45) is 3.35. The average Bonchev–Trinajstić information content (AvgIpc) is 3.05. The van der Waals surface area contributed by atoms with E-state index in [1.54, 1.807) is 49.3 Å². The number of carbonyl (C=O) groups excluding carboxylic acids is 1. The molecule has 1 atom stereocenters. The van der Waals surface area contributed by atoms with Gasteiger partial charge in [-0.2, -0.15) is 0 Å². The van der Waals surface area contributed by atoms with Gasteiger partial charge in [0.25, 0.3) is 5.91 Å². The zero-order chi connectivity index (χ0) is 18.7. The van der Waals surface area contributed by atoms with Crippen LogP contribution in [0.15, 0.2) is 54.9 Å². The number of nitrogens with zero attached hydrogens (tertiary/aromatic N) is 2. The van der Waals surface area contributed by atoms with Crippen LogP contribution in [-0.2, 0) is 7.05 Å². The highest BCUT2D eigenvalue weighted by Crippen LogP contribution is 2.25. The summed E-state index contributed by atoms with van der Waals surface area (Å²) in [6, 6.07) is 9.33. The Morgan fingerprint density at radius 2 is 2.04 bits per heavy atom. The first-order valence-electron chi connectivity index (χ1n) is 7.86. The summed E-state index contributed by atoms with van der Waals surface area (Å²) >= 11 is 0. The molecule has 7 heteroatoms. The maximum Gasteiger partial charge on any atom is 0.255 e. The van der Waals surface area contributed by atoms with Crippen LogP contribution in [0.3, 0.4) is 0 Å². The lowest BCUT2D eigenvalue weighted by Crippen LogP contribution is -2.31. The smallest absolute Gasteiger partial charge is 0.255 e. The fraction of sp³-hybridized carbons (Fsp3) is 0.158. The minimum absolute atomic E-state index is 0.242. The lowest BCUT2D eigenvalue weighted by atomic mass is 10.0. The van der Waals surface area contributed by atoms with Crippen molar-refractivity contribution >= 4 is 5.91 Å². The van der Waals surface area contributed by atoms with E-state index in [0.717, 1.165) is 17.7 Å². The first-order chi connectivity index (χ1) is 12.5. The van der Waals surface area contributed by atoms with E-state index in [4.69, 9.17) is 4.74 Å². The number of ether oxygens (including phenoxy) is 1. The van der Waals surface area contributed by atoms with E-state index in [1.165, 1.54) is 0 Å². The lowest BCUT2D eigenvalue weighted by Gasteiger charge is -2.20. The van der Waals surface area contributed by atoms with Crippen molar-refractivity contribution in [3.05, 3.63) is 83.4 Å². The van der Waals surface area contributed by atoms with Crippen molar-refractivity contribution in [3.8, 4) is 5.75 Å². The van der Waals surface area contributed by atoms with E-state index in [0.29, 0.717) is 17.6 Å². The molecule has 0 aliphatic carbocycles. The van der Waals surface area contributed by atoms with Crippen LogP contribution in [0.5, 0.6) is 5.75 Å². The molecule has 0 spiro atoms. The van der Waals surface area contributed by atoms with E-state index >= 15 is 0 Å². The highest BCUT2D eigenvalue weighted by atomic mass is 19.1. The molecule has 0 saturated carbocycles. The number of carbonyl (C=O) groups is 1. The van der Waals surface area contributed by atoms with Gasteiger partial charge in [0, 0.05) is 25.5 Å². The van der Waals surface area contributed by atoms with E-state index in [9.17, 15) is 13.6 Å². The Hall–Kier alpha value is -3.22. The molecule has 3 rings (SSSR count). The lowest BCUT2D eigenvalue weighted by molar-refractivity contribution is 0.0937. The Bertz CT molecular complexity index is 940. The number of methoxy groups -OCH3 is 1. The second-order valence-electron chi connectivity index (χ2n) is 5.70. The van der Waals surface area contributed by atoms with Crippen LogP contribution in [0.25, 0.3) is 0 Å². The molecular weight excluding hydrogens is 340 g/mol. The monoisotopic (exact) mass is 357 g/mol. The van der Waals surface area contributed by atoms with Crippen molar-refractivity contribution in [1.82, 2.24) is 14.9 Å². The number of amides is 1. The number of halogens is 2. The van der Waals surface area contributed by atoms with Crippen LogP contribution in [0.2, 0.25) is 0 Å². The van der Waals surface area contributed by atoms with Gasteiger partial charge in [-0.05, 0) is 29.8 Å². The van der Waals surface area contributed by atoms with E-state index in [-0.39, 0.29) is 5.56 Å². The molecule has 0 fully saturated rings. The predicted molar refractivity (Wildman–Crippen MR) is 91.9 cm³/mol. The molecule has 2 aromatic carbocycles. The Kier molecular flexibility index (Phi) is 4.97. The maximum atomic E-state index is 14.0. The summed E-state index contributed by atoms with van der Waals surface area (Å²) in [5, 5.41) is 2.76. The number of rotatable bonds is 5. The molecule has 0 bridgehead atoms. The first-order valence-corrected chi connectivity index (χ1v) is 7.86. The summed E-state index contributed by atoms with van der Waals surface area (Å²) in [6.45, 7) is 0. The summed E-state index contributed by atoms with van der Waals surface area (Å²) < 4.78 is 34.0. The second kappa shape index (κ2) is 7.35. The first kappa shape index (κ1) is 17.6. The van der Waals surface area contributed by atoms with Gasteiger partial charge in [0.05, 0.1) is 12.7 Å². The third-order valence-corrected chi connectivity index (χ3v) is 3.99. The molecule has 0 radical (unpaired) electrons. The zero-order valence-electron chi connectivity index (χ0n) is 14.2. The fourth-order valence-electron chi connectivity index (χ4n) is 2.66. The van der Waals surface area contributed by atoms with Crippen LogP contribution in [0.4, 0.5) is 8.78 Å². The van der Waals surface area contributed by atoms with Gasteiger partial charge in [-0.3, -0.25) is 4.79 Å². The van der Waals surface area contributed by atoms with Gasteiger partial charge < -0.3 is 14.6 Å². The number of aromatic nitrogens is 2. The molecule has 1 heterocycles.